The molecule has 0 aliphatic carbocycles. The van der Waals surface area contributed by atoms with Crippen molar-refractivity contribution in [2.45, 2.75) is 19.8 Å². The van der Waals surface area contributed by atoms with Gasteiger partial charge in [0.1, 0.15) is 5.75 Å². The number of hydrogen-bond donors (Lipinski definition) is 1. The fourth-order valence-electron chi connectivity index (χ4n) is 2.03. The van der Waals surface area contributed by atoms with Crippen molar-refractivity contribution in [1.82, 2.24) is 9.55 Å². The van der Waals surface area contributed by atoms with Crippen LogP contribution in [0.2, 0.25) is 0 Å². The highest BCUT2D eigenvalue weighted by Crippen LogP contribution is 2.21. The van der Waals surface area contributed by atoms with E-state index < -0.39 is 0 Å². The fourth-order valence-corrected chi connectivity index (χ4v) is 2.03. The maximum absolute atomic E-state index is 5.72. The second-order valence-corrected chi connectivity index (χ2v) is 4.52. The Hall–Kier alpha value is -1.97. The molecule has 0 saturated heterocycles. The van der Waals surface area contributed by atoms with Gasteiger partial charge in [-0.05, 0) is 31.4 Å². The van der Waals surface area contributed by atoms with Crippen LogP contribution in [-0.2, 0) is 19.9 Å². The molecular weight excluding hydrogens is 226 g/mol. The molecule has 0 unspecified atom stereocenters. The monoisotopic (exact) mass is 245 g/mol. The molecule has 18 heavy (non-hydrogen) atoms. The van der Waals surface area contributed by atoms with Gasteiger partial charge in [-0.25, -0.2) is 4.98 Å². The van der Waals surface area contributed by atoms with E-state index >= 15 is 0 Å². The number of aromatic nitrogens is 2. The molecule has 0 aliphatic heterocycles. The quantitative estimate of drug-likeness (QED) is 0.897. The molecule has 4 nitrogen and oxygen atoms in total. The van der Waals surface area contributed by atoms with Crippen LogP contribution in [0.1, 0.15) is 16.8 Å². The van der Waals surface area contributed by atoms with E-state index in [2.05, 4.69) is 24.0 Å². The summed E-state index contributed by atoms with van der Waals surface area (Å²) in [6.07, 6.45) is 3.74. The average molecular weight is 245 g/mol. The SMILES string of the molecule is COc1ccc(C)cc1CCc1cn(C)c(N)n1. The van der Waals surface area contributed by atoms with Crippen LogP contribution >= 0.6 is 0 Å². The Labute approximate surface area is 107 Å². The molecule has 0 bridgehead atoms. The Morgan fingerprint density at radius 2 is 2.11 bits per heavy atom. The largest absolute Gasteiger partial charge is 0.496 e. The van der Waals surface area contributed by atoms with Crippen molar-refractivity contribution in [2.24, 2.45) is 7.05 Å². The van der Waals surface area contributed by atoms with Crippen LogP contribution in [0.15, 0.2) is 24.4 Å². The lowest BCUT2D eigenvalue weighted by molar-refractivity contribution is 0.409. The summed E-state index contributed by atoms with van der Waals surface area (Å²) in [4.78, 5) is 4.30. The molecule has 2 aromatic rings. The van der Waals surface area contributed by atoms with Crippen LogP contribution in [0.3, 0.4) is 0 Å². The van der Waals surface area contributed by atoms with Gasteiger partial charge in [-0.1, -0.05) is 17.7 Å². The topological polar surface area (TPSA) is 53.1 Å². The van der Waals surface area contributed by atoms with E-state index in [9.17, 15) is 0 Å². The molecule has 0 spiro atoms. The summed E-state index contributed by atoms with van der Waals surface area (Å²) in [6, 6.07) is 6.23. The molecule has 0 fully saturated rings. The van der Waals surface area contributed by atoms with Crippen LogP contribution in [0, 0.1) is 6.92 Å². The number of nitrogens with zero attached hydrogens (tertiary/aromatic N) is 2. The number of anilines is 1. The lowest BCUT2D eigenvalue weighted by Crippen LogP contribution is -1.97. The van der Waals surface area contributed by atoms with E-state index in [0.717, 1.165) is 24.3 Å². The first-order valence-electron chi connectivity index (χ1n) is 6.01. The molecule has 1 aromatic heterocycles. The molecule has 2 N–H and O–H groups in total. The first-order valence-corrected chi connectivity index (χ1v) is 6.01. The standard InChI is InChI=1S/C14H19N3O/c1-10-4-7-13(18-3)11(8-10)5-6-12-9-17(2)14(15)16-12/h4,7-9H,5-6H2,1-3H3,(H2,15,16). The van der Waals surface area contributed by atoms with Gasteiger partial charge in [-0.3, -0.25) is 0 Å². The molecule has 0 atom stereocenters. The molecule has 2 rings (SSSR count). The minimum Gasteiger partial charge on any atom is -0.496 e. The van der Waals surface area contributed by atoms with Crippen molar-refractivity contribution in [3.8, 4) is 5.75 Å². The maximum atomic E-state index is 5.72. The van der Waals surface area contributed by atoms with Gasteiger partial charge < -0.3 is 15.0 Å². The highest BCUT2D eigenvalue weighted by atomic mass is 16.5. The van der Waals surface area contributed by atoms with E-state index in [4.69, 9.17) is 10.5 Å². The van der Waals surface area contributed by atoms with E-state index in [-0.39, 0.29) is 0 Å². The Balaban J connectivity index is 2.12. The molecule has 4 heteroatoms. The summed E-state index contributed by atoms with van der Waals surface area (Å²) in [6.45, 7) is 2.09. The maximum Gasteiger partial charge on any atom is 0.200 e. The predicted molar refractivity (Wildman–Crippen MR) is 72.8 cm³/mol. The van der Waals surface area contributed by atoms with Crippen molar-refractivity contribution in [1.29, 1.82) is 0 Å². The van der Waals surface area contributed by atoms with Crippen LogP contribution in [0.4, 0.5) is 5.95 Å². The van der Waals surface area contributed by atoms with Crippen molar-refractivity contribution in [2.75, 3.05) is 12.8 Å². The third-order valence-corrected chi connectivity index (χ3v) is 3.05. The number of rotatable bonds is 4. The molecule has 1 heterocycles. The zero-order valence-corrected chi connectivity index (χ0v) is 11.1. The van der Waals surface area contributed by atoms with E-state index in [1.54, 1.807) is 7.11 Å². The second kappa shape index (κ2) is 5.12. The highest BCUT2D eigenvalue weighted by Gasteiger charge is 2.06. The van der Waals surface area contributed by atoms with E-state index in [1.807, 2.05) is 23.9 Å². The fraction of sp³-hybridized carbons (Fsp3) is 0.357. The Morgan fingerprint density at radius 1 is 1.33 bits per heavy atom. The van der Waals surface area contributed by atoms with Crippen LogP contribution in [-0.4, -0.2) is 16.7 Å². The summed E-state index contributed by atoms with van der Waals surface area (Å²) in [7, 11) is 3.60. The van der Waals surface area contributed by atoms with Gasteiger partial charge >= 0.3 is 0 Å². The van der Waals surface area contributed by atoms with Crippen LogP contribution in [0.25, 0.3) is 0 Å². The number of aryl methyl sites for hydroxylation is 4. The van der Waals surface area contributed by atoms with Crippen molar-refractivity contribution in [3.05, 3.63) is 41.2 Å². The number of imidazole rings is 1. The van der Waals surface area contributed by atoms with Gasteiger partial charge in [0.15, 0.2) is 5.95 Å². The molecule has 0 aliphatic rings. The highest BCUT2D eigenvalue weighted by molar-refractivity contribution is 5.37. The zero-order valence-electron chi connectivity index (χ0n) is 11.1. The van der Waals surface area contributed by atoms with Crippen molar-refractivity contribution < 1.29 is 4.74 Å². The normalized spacial score (nSPS) is 10.6. The van der Waals surface area contributed by atoms with Crippen molar-refractivity contribution in [3.63, 3.8) is 0 Å². The minimum absolute atomic E-state index is 0.557. The summed E-state index contributed by atoms with van der Waals surface area (Å²) in [5.41, 5.74) is 9.18. The van der Waals surface area contributed by atoms with Crippen LogP contribution < -0.4 is 10.5 Å². The third-order valence-electron chi connectivity index (χ3n) is 3.05. The minimum atomic E-state index is 0.557. The summed E-state index contributed by atoms with van der Waals surface area (Å²) >= 11 is 0. The zero-order chi connectivity index (χ0) is 13.1. The van der Waals surface area contributed by atoms with Gasteiger partial charge in [0, 0.05) is 13.2 Å². The predicted octanol–water partition coefficient (Wildman–Crippen LogP) is 2.10. The number of ether oxygens (including phenoxy) is 1. The number of methoxy groups -OCH3 is 1. The summed E-state index contributed by atoms with van der Waals surface area (Å²) < 4.78 is 7.20. The van der Waals surface area contributed by atoms with E-state index in [0.29, 0.717) is 5.95 Å². The Morgan fingerprint density at radius 3 is 2.72 bits per heavy atom. The van der Waals surface area contributed by atoms with Gasteiger partial charge in [0.25, 0.3) is 0 Å². The Bertz CT molecular complexity index is 526. The molecule has 0 radical (unpaired) electrons. The van der Waals surface area contributed by atoms with Gasteiger partial charge in [-0.15, -0.1) is 0 Å². The summed E-state index contributed by atoms with van der Waals surface area (Å²) in [5.74, 6) is 1.49. The lowest BCUT2D eigenvalue weighted by atomic mass is 10.0. The van der Waals surface area contributed by atoms with Gasteiger partial charge in [0.2, 0.25) is 0 Å². The molecule has 96 valence electrons. The first kappa shape index (κ1) is 12.5. The van der Waals surface area contributed by atoms with E-state index in [1.165, 1.54) is 11.1 Å². The van der Waals surface area contributed by atoms with Crippen molar-refractivity contribution >= 4 is 5.95 Å². The van der Waals surface area contributed by atoms with Gasteiger partial charge in [0.05, 0.1) is 12.8 Å². The molecule has 0 amide bonds. The second-order valence-electron chi connectivity index (χ2n) is 4.52. The lowest BCUT2D eigenvalue weighted by Gasteiger charge is -2.08. The summed E-state index contributed by atoms with van der Waals surface area (Å²) in [5, 5.41) is 0. The first-order chi connectivity index (χ1) is 8.60. The number of nitrogens with two attached hydrogens (primary N) is 1. The molecular formula is C14H19N3O. The number of benzene rings is 1. The smallest absolute Gasteiger partial charge is 0.200 e. The van der Waals surface area contributed by atoms with Crippen LogP contribution in [0.5, 0.6) is 5.75 Å². The van der Waals surface area contributed by atoms with Gasteiger partial charge in [-0.2, -0.15) is 0 Å². The molecule has 1 aromatic carbocycles. The average Bonchev–Trinajstić information content (AvgIpc) is 2.66. The number of nitrogen functional groups attached to an aromatic ring is 1. The molecule has 0 saturated carbocycles. The third kappa shape index (κ3) is 2.64. The number of hydrogen-bond acceptors (Lipinski definition) is 3. The Kier molecular flexibility index (Phi) is 3.55.